The lowest BCUT2D eigenvalue weighted by Crippen LogP contribution is -2.44. The number of phenolic OH excluding ortho intramolecular Hbond substituents is 1. The van der Waals surface area contributed by atoms with Gasteiger partial charge >= 0.3 is 6.01 Å². The van der Waals surface area contributed by atoms with E-state index in [9.17, 15) is 14.6 Å². The van der Waals surface area contributed by atoms with Crippen LogP contribution in [0, 0.1) is 11.7 Å². The van der Waals surface area contributed by atoms with Gasteiger partial charge in [0.1, 0.15) is 35.6 Å². The maximum Gasteiger partial charge on any atom is 0.319 e. The molecule has 41 heavy (non-hydrogen) atoms. The molecule has 2 N–H and O–H groups in total. The summed E-state index contributed by atoms with van der Waals surface area (Å²) in [6.07, 6.45) is 3.04. The second-order valence-corrected chi connectivity index (χ2v) is 11.9. The molecule has 3 fully saturated rings. The van der Waals surface area contributed by atoms with E-state index in [2.05, 4.69) is 14.9 Å². The summed E-state index contributed by atoms with van der Waals surface area (Å²) in [5.74, 6) is -0.128. The fraction of sp³-hybridized carbons (Fsp3) is 0.452. The van der Waals surface area contributed by atoms with Crippen molar-refractivity contribution in [3.63, 3.8) is 0 Å². The Bertz CT molecular complexity index is 1640. The Hall–Kier alpha value is -3.63. The van der Waals surface area contributed by atoms with Gasteiger partial charge in [0, 0.05) is 37.8 Å². The molecule has 2 aromatic carbocycles. The maximum absolute atomic E-state index is 16.5. The van der Waals surface area contributed by atoms with E-state index in [4.69, 9.17) is 9.72 Å². The number of aromatic hydroxyl groups is 1. The summed E-state index contributed by atoms with van der Waals surface area (Å²) in [5.41, 5.74) is 0.193. The molecule has 214 valence electrons. The van der Waals surface area contributed by atoms with Crippen molar-refractivity contribution in [1.29, 1.82) is 0 Å². The Morgan fingerprint density at radius 3 is 2.83 bits per heavy atom. The highest BCUT2D eigenvalue weighted by atomic mass is 19.1. The SMILES string of the molecule is CC1CN(c2nc(OCC34CCCN3C[C@H](F)C4)nc3c(F)c(-c4cc(O)cc5ccccc45)ncc23)CC[C@@H]1O. The minimum atomic E-state index is -0.892. The third-order valence-corrected chi connectivity index (χ3v) is 9.14. The van der Waals surface area contributed by atoms with Gasteiger partial charge in [-0.2, -0.15) is 9.97 Å². The number of rotatable bonds is 5. The number of halogens is 2. The molecule has 4 aromatic rings. The molecule has 4 atom stereocenters. The van der Waals surface area contributed by atoms with Gasteiger partial charge in [0.15, 0.2) is 5.82 Å². The first kappa shape index (κ1) is 26.3. The van der Waals surface area contributed by atoms with Crippen LogP contribution in [0.15, 0.2) is 42.6 Å². The molecule has 0 saturated carbocycles. The first-order valence-corrected chi connectivity index (χ1v) is 14.3. The van der Waals surface area contributed by atoms with Crippen LogP contribution in [-0.2, 0) is 0 Å². The zero-order chi connectivity index (χ0) is 28.3. The van der Waals surface area contributed by atoms with E-state index in [1.807, 2.05) is 36.1 Å². The van der Waals surface area contributed by atoms with Crippen molar-refractivity contribution in [2.24, 2.45) is 5.92 Å². The van der Waals surface area contributed by atoms with Crippen LogP contribution in [0.5, 0.6) is 11.8 Å². The first-order chi connectivity index (χ1) is 19.8. The highest BCUT2D eigenvalue weighted by Crippen LogP contribution is 2.41. The number of fused-ring (bicyclic) bond motifs is 3. The lowest BCUT2D eigenvalue weighted by atomic mass is 9.95. The lowest BCUT2D eigenvalue weighted by molar-refractivity contribution is 0.0965. The lowest BCUT2D eigenvalue weighted by Gasteiger charge is -2.35. The first-order valence-electron chi connectivity index (χ1n) is 14.3. The highest BCUT2D eigenvalue weighted by molar-refractivity contribution is 5.99. The summed E-state index contributed by atoms with van der Waals surface area (Å²) in [5, 5.41) is 22.7. The topological polar surface area (TPSA) is 94.8 Å². The average Bonchev–Trinajstić information content (AvgIpc) is 3.48. The van der Waals surface area contributed by atoms with Gasteiger partial charge in [-0.1, -0.05) is 31.2 Å². The number of phenols is 1. The third-order valence-electron chi connectivity index (χ3n) is 9.14. The van der Waals surface area contributed by atoms with Crippen molar-refractivity contribution in [2.45, 2.75) is 50.4 Å². The number of pyridine rings is 1. The van der Waals surface area contributed by atoms with Crippen LogP contribution in [-0.4, -0.2) is 80.7 Å². The van der Waals surface area contributed by atoms with Crippen LogP contribution in [0.4, 0.5) is 14.6 Å². The predicted molar refractivity (Wildman–Crippen MR) is 152 cm³/mol. The smallest absolute Gasteiger partial charge is 0.319 e. The summed E-state index contributed by atoms with van der Waals surface area (Å²) >= 11 is 0. The molecule has 0 bridgehead atoms. The number of anilines is 1. The summed E-state index contributed by atoms with van der Waals surface area (Å²) in [6, 6.07) is 10.6. The molecule has 0 amide bonds. The molecule has 5 heterocycles. The van der Waals surface area contributed by atoms with Crippen molar-refractivity contribution in [2.75, 3.05) is 37.7 Å². The highest BCUT2D eigenvalue weighted by Gasteiger charge is 2.49. The minimum absolute atomic E-state index is 0.000200. The summed E-state index contributed by atoms with van der Waals surface area (Å²) in [7, 11) is 0. The predicted octanol–water partition coefficient (Wildman–Crippen LogP) is 4.85. The maximum atomic E-state index is 16.5. The summed E-state index contributed by atoms with van der Waals surface area (Å²) in [6.45, 7) is 4.52. The quantitative estimate of drug-likeness (QED) is 0.357. The van der Waals surface area contributed by atoms with Gasteiger partial charge in [-0.05, 0) is 54.6 Å². The Balaban J connectivity index is 1.34. The van der Waals surface area contributed by atoms with E-state index in [-0.39, 0.29) is 35.5 Å². The number of aromatic nitrogens is 3. The zero-order valence-electron chi connectivity index (χ0n) is 22.9. The number of aliphatic hydroxyl groups excluding tert-OH is 1. The van der Waals surface area contributed by atoms with E-state index in [1.165, 1.54) is 6.07 Å². The van der Waals surface area contributed by atoms with Crippen molar-refractivity contribution in [1.82, 2.24) is 19.9 Å². The molecule has 2 aromatic heterocycles. The number of alkyl halides is 1. The third kappa shape index (κ3) is 4.53. The number of piperidine rings is 1. The second-order valence-electron chi connectivity index (χ2n) is 11.9. The largest absolute Gasteiger partial charge is 0.508 e. The number of hydrogen-bond donors (Lipinski definition) is 2. The molecule has 3 saturated heterocycles. The van der Waals surface area contributed by atoms with Gasteiger partial charge in [0.2, 0.25) is 0 Å². The number of benzene rings is 2. The van der Waals surface area contributed by atoms with E-state index in [1.54, 1.807) is 12.3 Å². The van der Waals surface area contributed by atoms with Gasteiger partial charge < -0.3 is 19.8 Å². The normalized spacial score (nSPS) is 26.6. The van der Waals surface area contributed by atoms with Gasteiger partial charge in [0.25, 0.3) is 0 Å². The second kappa shape index (κ2) is 10.0. The molecule has 7 rings (SSSR count). The molecular formula is C31H33F2N5O3. The fourth-order valence-electron chi connectivity index (χ4n) is 6.98. The zero-order valence-corrected chi connectivity index (χ0v) is 22.9. The molecule has 0 radical (unpaired) electrons. The molecule has 3 aliphatic heterocycles. The van der Waals surface area contributed by atoms with Crippen molar-refractivity contribution >= 4 is 27.5 Å². The molecule has 8 nitrogen and oxygen atoms in total. The molecule has 3 aliphatic rings. The van der Waals surface area contributed by atoms with Crippen LogP contribution in [0.1, 0.15) is 32.6 Å². The monoisotopic (exact) mass is 561 g/mol. The number of nitrogens with zero attached hydrogens (tertiary/aromatic N) is 5. The van der Waals surface area contributed by atoms with E-state index < -0.39 is 23.6 Å². The standard InChI is InChI=1S/C31H33F2N5O3/c1-18-15-37(10-7-25(18)40)29-24-14-34-27(23-12-21(39)11-19-5-2-3-6-22(19)23)26(33)28(24)35-30(36-29)41-17-31-8-4-9-38(31)16-20(32)13-31/h2-3,5-6,11-12,14,18,20,25,39-40H,4,7-10,13,15-17H2,1H3/t18?,20-,25+,31?/m1/s1. The van der Waals surface area contributed by atoms with Crippen LogP contribution in [0.3, 0.4) is 0 Å². The van der Waals surface area contributed by atoms with Gasteiger partial charge in [0.05, 0.1) is 17.0 Å². The van der Waals surface area contributed by atoms with Crippen molar-refractivity contribution in [3.05, 3.63) is 48.4 Å². The van der Waals surface area contributed by atoms with E-state index in [0.29, 0.717) is 49.2 Å². The molecule has 0 aliphatic carbocycles. The average molecular weight is 562 g/mol. The van der Waals surface area contributed by atoms with Gasteiger partial charge in [-0.15, -0.1) is 0 Å². The summed E-state index contributed by atoms with van der Waals surface area (Å²) in [4.78, 5) is 18.0. The Labute approximate surface area is 236 Å². The molecule has 2 unspecified atom stereocenters. The van der Waals surface area contributed by atoms with Gasteiger partial charge in [-0.3, -0.25) is 9.88 Å². The summed E-state index contributed by atoms with van der Waals surface area (Å²) < 4.78 is 37.0. The van der Waals surface area contributed by atoms with Crippen molar-refractivity contribution in [3.8, 4) is 23.0 Å². The fourth-order valence-corrected chi connectivity index (χ4v) is 6.98. The number of hydrogen-bond acceptors (Lipinski definition) is 8. The van der Waals surface area contributed by atoms with Gasteiger partial charge in [-0.25, -0.2) is 8.78 Å². The Morgan fingerprint density at radius 1 is 1.12 bits per heavy atom. The van der Waals surface area contributed by atoms with Crippen LogP contribution in [0.25, 0.3) is 32.9 Å². The Kier molecular flexibility index (Phi) is 6.43. The Morgan fingerprint density at radius 2 is 1.98 bits per heavy atom. The van der Waals surface area contributed by atoms with Crippen LogP contribution in [0.2, 0.25) is 0 Å². The number of ether oxygens (including phenoxy) is 1. The van der Waals surface area contributed by atoms with E-state index >= 15 is 4.39 Å². The minimum Gasteiger partial charge on any atom is -0.508 e. The molecule has 0 spiro atoms. The van der Waals surface area contributed by atoms with E-state index in [0.717, 1.165) is 30.2 Å². The molecular weight excluding hydrogens is 528 g/mol. The number of aliphatic hydroxyl groups is 1. The van der Waals surface area contributed by atoms with Crippen molar-refractivity contribution < 1.29 is 23.7 Å². The van der Waals surface area contributed by atoms with Crippen LogP contribution < -0.4 is 9.64 Å². The van der Waals surface area contributed by atoms with Crippen LogP contribution >= 0.6 is 0 Å². The molecule has 10 heteroatoms.